The third-order valence-corrected chi connectivity index (χ3v) is 4.25. The van der Waals surface area contributed by atoms with Crippen LogP contribution < -0.4 is 16.6 Å². The predicted octanol–water partition coefficient (Wildman–Crippen LogP) is -0.507. The Morgan fingerprint density at radius 3 is 2.64 bits per heavy atom. The van der Waals surface area contributed by atoms with Crippen LogP contribution in [0.15, 0.2) is 15.9 Å². The molecule has 0 saturated heterocycles. The number of fused-ring (bicyclic) bond motifs is 1. The van der Waals surface area contributed by atoms with Crippen LogP contribution >= 0.6 is 0 Å². The highest BCUT2D eigenvalue weighted by Crippen LogP contribution is 2.17. The summed E-state index contributed by atoms with van der Waals surface area (Å²) in [5.74, 6) is -0.137. The van der Waals surface area contributed by atoms with Gasteiger partial charge in [-0.3, -0.25) is 18.7 Å². The number of aromatic nitrogens is 4. The van der Waals surface area contributed by atoms with Gasteiger partial charge in [0, 0.05) is 20.1 Å². The maximum atomic E-state index is 12.3. The number of nitrogens with zero attached hydrogens (tertiary/aromatic N) is 4. The van der Waals surface area contributed by atoms with Gasteiger partial charge < -0.3 is 9.88 Å². The quantitative estimate of drug-likeness (QED) is 0.827. The number of aryl methyl sites for hydroxylation is 1. The minimum atomic E-state index is -0.440. The molecule has 118 valence electrons. The molecular formula is C14H19N5O3. The molecule has 0 aromatic carbocycles. The van der Waals surface area contributed by atoms with Crippen molar-refractivity contribution in [3.05, 3.63) is 27.2 Å². The molecule has 0 bridgehead atoms. The molecule has 1 aliphatic carbocycles. The highest BCUT2D eigenvalue weighted by molar-refractivity contribution is 5.79. The van der Waals surface area contributed by atoms with E-state index >= 15 is 0 Å². The van der Waals surface area contributed by atoms with E-state index in [-0.39, 0.29) is 24.0 Å². The van der Waals surface area contributed by atoms with Gasteiger partial charge in [0.2, 0.25) is 5.91 Å². The molecule has 1 fully saturated rings. The van der Waals surface area contributed by atoms with Crippen molar-refractivity contribution in [3.8, 4) is 0 Å². The van der Waals surface area contributed by atoms with Crippen molar-refractivity contribution in [2.45, 2.75) is 38.3 Å². The van der Waals surface area contributed by atoms with Crippen molar-refractivity contribution in [2.75, 3.05) is 0 Å². The first-order valence-corrected chi connectivity index (χ1v) is 7.39. The zero-order valence-corrected chi connectivity index (χ0v) is 12.7. The van der Waals surface area contributed by atoms with Crippen molar-refractivity contribution >= 4 is 17.1 Å². The standard InChI is InChI=1S/C14H19N5O3/c1-17-12-11(13(21)18(2)14(17)22)19(8-15-12)7-10(20)16-9-5-3-4-6-9/h8-9H,3-7H2,1-2H3,(H,16,20). The SMILES string of the molecule is Cn1c(=O)c2c(ncn2CC(=O)NC2CCCC2)n(C)c1=O. The molecule has 1 aliphatic rings. The van der Waals surface area contributed by atoms with Gasteiger partial charge in [-0.05, 0) is 12.8 Å². The second-order valence-corrected chi connectivity index (χ2v) is 5.80. The number of nitrogens with one attached hydrogen (secondary N) is 1. The van der Waals surface area contributed by atoms with Gasteiger partial charge in [-0.15, -0.1) is 0 Å². The van der Waals surface area contributed by atoms with E-state index in [0.29, 0.717) is 5.65 Å². The van der Waals surface area contributed by atoms with Crippen LogP contribution in [0.3, 0.4) is 0 Å². The zero-order chi connectivity index (χ0) is 15.9. The molecule has 0 radical (unpaired) electrons. The lowest BCUT2D eigenvalue weighted by Crippen LogP contribution is -2.39. The Morgan fingerprint density at radius 2 is 1.95 bits per heavy atom. The molecular weight excluding hydrogens is 286 g/mol. The molecule has 2 aromatic heterocycles. The summed E-state index contributed by atoms with van der Waals surface area (Å²) in [6.07, 6.45) is 5.72. The number of hydrogen-bond donors (Lipinski definition) is 1. The molecule has 22 heavy (non-hydrogen) atoms. The predicted molar refractivity (Wildman–Crippen MR) is 80.6 cm³/mol. The van der Waals surface area contributed by atoms with E-state index in [4.69, 9.17) is 0 Å². The maximum absolute atomic E-state index is 12.3. The molecule has 1 saturated carbocycles. The lowest BCUT2D eigenvalue weighted by Gasteiger charge is -2.12. The van der Waals surface area contributed by atoms with E-state index in [1.165, 1.54) is 22.5 Å². The fourth-order valence-electron chi connectivity index (χ4n) is 3.02. The van der Waals surface area contributed by atoms with E-state index in [2.05, 4.69) is 10.3 Å². The fourth-order valence-corrected chi connectivity index (χ4v) is 3.02. The van der Waals surface area contributed by atoms with Gasteiger partial charge in [-0.25, -0.2) is 9.78 Å². The summed E-state index contributed by atoms with van der Waals surface area (Å²) >= 11 is 0. The largest absolute Gasteiger partial charge is 0.352 e. The second-order valence-electron chi connectivity index (χ2n) is 5.80. The van der Waals surface area contributed by atoms with Crippen LogP contribution in [0, 0.1) is 0 Å². The van der Waals surface area contributed by atoms with Gasteiger partial charge >= 0.3 is 5.69 Å². The van der Waals surface area contributed by atoms with Gasteiger partial charge in [0.25, 0.3) is 5.56 Å². The summed E-state index contributed by atoms with van der Waals surface area (Å²) in [7, 11) is 2.97. The fraction of sp³-hybridized carbons (Fsp3) is 0.571. The summed E-state index contributed by atoms with van der Waals surface area (Å²) < 4.78 is 3.83. The van der Waals surface area contributed by atoms with Crippen LogP contribution in [0.4, 0.5) is 0 Å². The van der Waals surface area contributed by atoms with Crippen LogP contribution in [0.2, 0.25) is 0 Å². The first kappa shape index (κ1) is 14.6. The molecule has 1 amide bonds. The van der Waals surface area contributed by atoms with Crippen molar-refractivity contribution in [1.29, 1.82) is 0 Å². The molecule has 8 nitrogen and oxygen atoms in total. The van der Waals surface area contributed by atoms with E-state index in [9.17, 15) is 14.4 Å². The van der Waals surface area contributed by atoms with E-state index < -0.39 is 11.2 Å². The first-order valence-electron chi connectivity index (χ1n) is 7.39. The summed E-state index contributed by atoms with van der Waals surface area (Å²) in [5, 5.41) is 2.98. The minimum Gasteiger partial charge on any atom is -0.352 e. The Bertz CT molecular complexity index is 839. The molecule has 0 atom stereocenters. The average molecular weight is 305 g/mol. The summed E-state index contributed by atoms with van der Waals surface area (Å²) in [4.78, 5) is 40.3. The van der Waals surface area contributed by atoms with Crippen LogP contribution in [0.5, 0.6) is 0 Å². The lowest BCUT2D eigenvalue weighted by molar-refractivity contribution is -0.122. The van der Waals surface area contributed by atoms with Crippen molar-refractivity contribution < 1.29 is 4.79 Å². The van der Waals surface area contributed by atoms with Gasteiger partial charge in [-0.2, -0.15) is 0 Å². The summed E-state index contributed by atoms with van der Waals surface area (Å²) in [6.45, 7) is 0.0282. The third-order valence-electron chi connectivity index (χ3n) is 4.25. The summed E-state index contributed by atoms with van der Waals surface area (Å²) in [5.41, 5.74) is -0.310. The Balaban J connectivity index is 1.93. The first-order chi connectivity index (χ1) is 10.5. The van der Waals surface area contributed by atoms with Gasteiger partial charge in [0.05, 0.1) is 6.33 Å². The highest BCUT2D eigenvalue weighted by Gasteiger charge is 2.19. The number of hydrogen-bond acceptors (Lipinski definition) is 4. The topological polar surface area (TPSA) is 90.9 Å². The van der Waals surface area contributed by atoms with Gasteiger partial charge in [0.1, 0.15) is 6.54 Å². The number of carbonyl (C=O) groups excluding carboxylic acids is 1. The Morgan fingerprint density at radius 1 is 1.27 bits per heavy atom. The van der Waals surface area contributed by atoms with Gasteiger partial charge in [0.15, 0.2) is 11.2 Å². The molecule has 0 spiro atoms. The molecule has 2 heterocycles. The molecule has 0 unspecified atom stereocenters. The van der Waals surface area contributed by atoms with Gasteiger partial charge in [-0.1, -0.05) is 12.8 Å². The monoisotopic (exact) mass is 305 g/mol. The van der Waals surface area contributed by atoms with E-state index in [0.717, 1.165) is 30.3 Å². The lowest BCUT2D eigenvalue weighted by atomic mass is 10.2. The zero-order valence-electron chi connectivity index (χ0n) is 12.7. The normalized spacial score (nSPS) is 15.5. The smallest absolute Gasteiger partial charge is 0.332 e. The molecule has 2 aromatic rings. The Hall–Kier alpha value is -2.38. The van der Waals surface area contributed by atoms with Crippen LogP contribution in [-0.2, 0) is 25.4 Å². The maximum Gasteiger partial charge on any atom is 0.332 e. The number of amides is 1. The molecule has 8 heteroatoms. The van der Waals surface area contributed by atoms with Crippen LogP contribution in [0.25, 0.3) is 11.2 Å². The van der Waals surface area contributed by atoms with E-state index in [1.807, 2.05) is 0 Å². The number of carbonyl (C=O) groups is 1. The second kappa shape index (κ2) is 5.43. The van der Waals surface area contributed by atoms with Crippen molar-refractivity contribution in [1.82, 2.24) is 24.0 Å². The number of imidazole rings is 1. The van der Waals surface area contributed by atoms with Crippen molar-refractivity contribution in [2.24, 2.45) is 14.1 Å². The van der Waals surface area contributed by atoms with Crippen molar-refractivity contribution in [3.63, 3.8) is 0 Å². The molecule has 1 N–H and O–H groups in total. The Kier molecular flexibility index (Phi) is 3.59. The van der Waals surface area contributed by atoms with Crippen LogP contribution in [-0.4, -0.2) is 30.6 Å². The Labute approximate surface area is 126 Å². The number of rotatable bonds is 3. The highest BCUT2D eigenvalue weighted by atomic mass is 16.2. The minimum absolute atomic E-state index is 0.0282. The molecule has 3 rings (SSSR count). The van der Waals surface area contributed by atoms with E-state index in [1.54, 1.807) is 7.05 Å². The average Bonchev–Trinajstić information content (AvgIpc) is 3.12. The third kappa shape index (κ3) is 2.34. The molecule has 0 aliphatic heterocycles. The van der Waals surface area contributed by atoms with Crippen LogP contribution in [0.1, 0.15) is 25.7 Å². The summed E-state index contributed by atoms with van der Waals surface area (Å²) in [6, 6.07) is 0.231.